The van der Waals surface area contributed by atoms with Gasteiger partial charge in [-0.3, -0.25) is 4.68 Å². The summed E-state index contributed by atoms with van der Waals surface area (Å²) in [5, 5.41) is 7.81. The zero-order chi connectivity index (χ0) is 11.5. The van der Waals surface area contributed by atoms with Gasteiger partial charge in [-0.25, -0.2) is 0 Å². The predicted octanol–water partition coefficient (Wildman–Crippen LogP) is 1.27. The second-order valence-electron chi connectivity index (χ2n) is 5.23. The molecular weight excluding hydrogens is 212 g/mol. The third-order valence-electron chi connectivity index (χ3n) is 4.22. The van der Waals surface area contributed by atoms with Crippen molar-refractivity contribution in [3.8, 4) is 0 Å². The molecule has 4 nitrogen and oxygen atoms in total. The van der Waals surface area contributed by atoms with Crippen LogP contribution in [0.25, 0.3) is 0 Å². The van der Waals surface area contributed by atoms with Gasteiger partial charge in [-0.2, -0.15) is 5.10 Å². The average Bonchev–Trinajstić information content (AvgIpc) is 2.94. The summed E-state index contributed by atoms with van der Waals surface area (Å²) in [5.41, 5.74) is 0. The molecule has 0 unspecified atom stereocenters. The molecule has 3 heterocycles. The highest BCUT2D eigenvalue weighted by Crippen LogP contribution is 2.24. The maximum absolute atomic E-state index is 4.37. The van der Waals surface area contributed by atoms with Gasteiger partial charge < -0.3 is 10.2 Å². The van der Waals surface area contributed by atoms with Crippen LogP contribution >= 0.6 is 0 Å². The Bertz CT molecular complexity index is 321. The molecule has 1 N–H and O–H groups in total. The molecule has 2 aliphatic rings. The smallest absolute Gasteiger partial charge is 0.0543 e. The van der Waals surface area contributed by atoms with Crippen molar-refractivity contribution in [1.29, 1.82) is 0 Å². The molecule has 94 valence electrons. The zero-order valence-corrected chi connectivity index (χ0v) is 10.4. The topological polar surface area (TPSA) is 33.1 Å². The first-order chi connectivity index (χ1) is 8.43. The first-order valence-corrected chi connectivity index (χ1v) is 6.87. The van der Waals surface area contributed by atoms with Crippen LogP contribution in [0.15, 0.2) is 18.5 Å². The van der Waals surface area contributed by atoms with Crippen LogP contribution in [0.3, 0.4) is 0 Å². The van der Waals surface area contributed by atoms with Crippen LogP contribution < -0.4 is 5.32 Å². The summed E-state index contributed by atoms with van der Waals surface area (Å²) in [6.07, 6.45) is 9.15. The lowest BCUT2D eigenvalue weighted by molar-refractivity contribution is 0.110. The number of aromatic nitrogens is 2. The Morgan fingerprint density at radius 2 is 1.76 bits per heavy atom. The Balaban J connectivity index is 1.53. The molecule has 3 rings (SSSR count). The van der Waals surface area contributed by atoms with Gasteiger partial charge in [-0.05, 0) is 44.8 Å². The molecule has 1 aromatic heterocycles. The molecule has 0 atom stereocenters. The third-order valence-corrected chi connectivity index (χ3v) is 4.22. The SMILES string of the molecule is c1cnn(C2CCN(C3CCNCC3)CC2)c1. The van der Waals surface area contributed by atoms with Crippen LogP contribution in [-0.2, 0) is 0 Å². The van der Waals surface area contributed by atoms with E-state index in [1.165, 1.54) is 51.9 Å². The van der Waals surface area contributed by atoms with Gasteiger partial charge in [0.2, 0.25) is 0 Å². The highest BCUT2D eigenvalue weighted by molar-refractivity contribution is 4.87. The van der Waals surface area contributed by atoms with Crippen molar-refractivity contribution in [2.75, 3.05) is 26.2 Å². The average molecular weight is 234 g/mol. The molecule has 0 aliphatic carbocycles. The quantitative estimate of drug-likeness (QED) is 0.836. The van der Waals surface area contributed by atoms with Crippen LogP contribution in [0.2, 0.25) is 0 Å². The van der Waals surface area contributed by atoms with E-state index < -0.39 is 0 Å². The van der Waals surface area contributed by atoms with Crippen LogP contribution in [-0.4, -0.2) is 46.9 Å². The zero-order valence-electron chi connectivity index (χ0n) is 10.4. The van der Waals surface area contributed by atoms with E-state index in [2.05, 4.69) is 26.2 Å². The van der Waals surface area contributed by atoms with E-state index in [0.29, 0.717) is 6.04 Å². The van der Waals surface area contributed by atoms with Crippen molar-refractivity contribution >= 4 is 0 Å². The van der Waals surface area contributed by atoms with Crippen LogP contribution in [0.4, 0.5) is 0 Å². The second kappa shape index (κ2) is 5.19. The van der Waals surface area contributed by atoms with E-state index in [1.54, 1.807) is 0 Å². The summed E-state index contributed by atoms with van der Waals surface area (Å²) >= 11 is 0. The van der Waals surface area contributed by atoms with Crippen LogP contribution in [0.1, 0.15) is 31.7 Å². The number of likely N-dealkylation sites (tertiary alicyclic amines) is 1. The third kappa shape index (κ3) is 2.53. The number of hydrogen-bond acceptors (Lipinski definition) is 3. The monoisotopic (exact) mass is 234 g/mol. The maximum Gasteiger partial charge on any atom is 0.0543 e. The van der Waals surface area contributed by atoms with Gasteiger partial charge >= 0.3 is 0 Å². The Morgan fingerprint density at radius 1 is 1.00 bits per heavy atom. The van der Waals surface area contributed by atoms with E-state index in [0.717, 1.165) is 6.04 Å². The Hall–Kier alpha value is -0.870. The predicted molar refractivity (Wildman–Crippen MR) is 68.0 cm³/mol. The maximum atomic E-state index is 4.37. The number of piperidine rings is 2. The summed E-state index contributed by atoms with van der Waals surface area (Å²) in [4.78, 5) is 2.70. The van der Waals surface area contributed by atoms with Gasteiger partial charge in [-0.1, -0.05) is 0 Å². The summed E-state index contributed by atoms with van der Waals surface area (Å²) in [5.74, 6) is 0. The first kappa shape index (κ1) is 11.2. The lowest BCUT2D eigenvalue weighted by Crippen LogP contribution is -2.46. The van der Waals surface area contributed by atoms with Crippen LogP contribution in [0.5, 0.6) is 0 Å². The van der Waals surface area contributed by atoms with E-state index >= 15 is 0 Å². The first-order valence-electron chi connectivity index (χ1n) is 6.87. The van der Waals surface area contributed by atoms with Gasteiger partial charge in [0, 0.05) is 31.5 Å². The van der Waals surface area contributed by atoms with Gasteiger partial charge in [0.15, 0.2) is 0 Å². The normalized spacial score (nSPS) is 25.2. The molecule has 0 saturated carbocycles. The van der Waals surface area contributed by atoms with E-state index in [4.69, 9.17) is 0 Å². The van der Waals surface area contributed by atoms with E-state index in [9.17, 15) is 0 Å². The summed E-state index contributed by atoms with van der Waals surface area (Å²) in [7, 11) is 0. The standard InChI is InChI=1S/C13H22N4/c1-6-15-17(9-1)13-4-10-16(11-5-13)12-2-7-14-8-3-12/h1,6,9,12-14H,2-5,7-8,10-11H2. The minimum atomic E-state index is 0.628. The lowest BCUT2D eigenvalue weighted by Gasteiger charge is -2.39. The molecule has 2 saturated heterocycles. The number of nitrogens with zero attached hydrogens (tertiary/aromatic N) is 3. The molecule has 0 aromatic carbocycles. The van der Waals surface area contributed by atoms with Gasteiger partial charge in [0.25, 0.3) is 0 Å². The van der Waals surface area contributed by atoms with Crippen molar-refractivity contribution in [1.82, 2.24) is 20.0 Å². The largest absolute Gasteiger partial charge is 0.317 e. The van der Waals surface area contributed by atoms with E-state index in [-0.39, 0.29) is 0 Å². The molecular formula is C13H22N4. The molecule has 0 spiro atoms. The molecule has 4 heteroatoms. The van der Waals surface area contributed by atoms with E-state index in [1.807, 2.05) is 12.3 Å². The molecule has 17 heavy (non-hydrogen) atoms. The summed E-state index contributed by atoms with van der Waals surface area (Å²) in [6.45, 7) is 4.89. The highest BCUT2D eigenvalue weighted by atomic mass is 15.3. The number of hydrogen-bond donors (Lipinski definition) is 1. The molecule has 0 bridgehead atoms. The van der Waals surface area contributed by atoms with Gasteiger partial charge in [0.05, 0.1) is 6.04 Å². The number of rotatable bonds is 2. The second-order valence-corrected chi connectivity index (χ2v) is 5.23. The van der Waals surface area contributed by atoms with Crippen molar-refractivity contribution in [3.05, 3.63) is 18.5 Å². The molecule has 0 radical (unpaired) electrons. The van der Waals surface area contributed by atoms with Crippen molar-refractivity contribution in [2.45, 2.75) is 37.8 Å². The lowest BCUT2D eigenvalue weighted by atomic mass is 9.99. The molecule has 0 amide bonds. The summed E-state index contributed by atoms with van der Waals surface area (Å²) in [6, 6.07) is 3.48. The molecule has 1 aromatic rings. The highest BCUT2D eigenvalue weighted by Gasteiger charge is 2.26. The fourth-order valence-electron chi connectivity index (χ4n) is 3.18. The number of nitrogens with one attached hydrogen (secondary N) is 1. The van der Waals surface area contributed by atoms with Crippen molar-refractivity contribution < 1.29 is 0 Å². The Kier molecular flexibility index (Phi) is 3.43. The fourth-order valence-corrected chi connectivity index (χ4v) is 3.18. The minimum absolute atomic E-state index is 0.628. The Labute approximate surface area is 103 Å². The van der Waals surface area contributed by atoms with Crippen LogP contribution in [0, 0.1) is 0 Å². The van der Waals surface area contributed by atoms with Gasteiger partial charge in [-0.15, -0.1) is 0 Å². The molecule has 2 fully saturated rings. The molecule has 2 aliphatic heterocycles. The minimum Gasteiger partial charge on any atom is -0.317 e. The fraction of sp³-hybridized carbons (Fsp3) is 0.769. The van der Waals surface area contributed by atoms with Crippen molar-refractivity contribution in [2.24, 2.45) is 0 Å². The summed E-state index contributed by atoms with van der Waals surface area (Å²) < 4.78 is 2.14. The van der Waals surface area contributed by atoms with Gasteiger partial charge in [0.1, 0.15) is 0 Å². The van der Waals surface area contributed by atoms with Crippen molar-refractivity contribution in [3.63, 3.8) is 0 Å². The Morgan fingerprint density at radius 3 is 2.41 bits per heavy atom.